The minimum absolute atomic E-state index is 0.0535. The number of thiophene rings is 1. The molecule has 7 nitrogen and oxygen atoms in total. The van der Waals surface area contributed by atoms with E-state index in [9.17, 15) is 19.5 Å². The minimum atomic E-state index is -0.935. The number of amides is 1. The van der Waals surface area contributed by atoms with Crippen LogP contribution in [0.4, 0.5) is 5.13 Å². The third-order valence-corrected chi connectivity index (χ3v) is 7.00. The Morgan fingerprint density at radius 3 is 2.55 bits per heavy atom. The summed E-state index contributed by atoms with van der Waals surface area (Å²) in [6.45, 7) is 1.62. The van der Waals surface area contributed by atoms with Crippen LogP contribution in [-0.2, 0) is 9.53 Å². The Kier molecular flexibility index (Phi) is 5.65. The third kappa shape index (κ3) is 3.65. The number of aliphatic hydroxyl groups excluding tert-OH is 1. The van der Waals surface area contributed by atoms with Gasteiger partial charge in [0.2, 0.25) is 5.78 Å². The number of rotatable bonds is 5. The van der Waals surface area contributed by atoms with Gasteiger partial charge in [0, 0.05) is 5.02 Å². The van der Waals surface area contributed by atoms with Crippen molar-refractivity contribution in [3.8, 4) is 0 Å². The zero-order chi connectivity index (χ0) is 22.3. The highest BCUT2D eigenvalue weighted by atomic mass is 35.5. The molecule has 3 aromatic rings. The second-order valence-corrected chi connectivity index (χ2v) is 8.96. The Morgan fingerprint density at radius 2 is 1.94 bits per heavy atom. The molecule has 31 heavy (non-hydrogen) atoms. The molecule has 3 heterocycles. The van der Waals surface area contributed by atoms with Crippen LogP contribution in [0.3, 0.4) is 0 Å². The molecule has 2 aromatic heterocycles. The summed E-state index contributed by atoms with van der Waals surface area (Å²) in [6, 6.07) is 9.03. The number of nitrogens with zero attached hydrogens (tertiary/aromatic N) is 2. The van der Waals surface area contributed by atoms with E-state index >= 15 is 0 Å². The Hall–Kier alpha value is -3.01. The van der Waals surface area contributed by atoms with Crippen LogP contribution < -0.4 is 4.90 Å². The van der Waals surface area contributed by atoms with Crippen molar-refractivity contribution in [3.05, 3.63) is 79.1 Å². The number of carbonyl (C=O) groups is 3. The molecule has 0 bridgehead atoms. The van der Waals surface area contributed by atoms with Crippen molar-refractivity contribution in [3.63, 3.8) is 0 Å². The Morgan fingerprint density at radius 1 is 1.23 bits per heavy atom. The highest BCUT2D eigenvalue weighted by Crippen LogP contribution is 2.44. The lowest BCUT2D eigenvalue weighted by atomic mass is 9.95. The van der Waals surface area contributed by atoms with E-state index in [0.29, 0.717) is 21.2 Å². The molecular formula is C21H15ClN2O5S2. The fraction of sp³-hybridized carbons (Fsp3) is 0.143. The number of aryl methyl sites for hydroxylation is 1. The van der Waals surface area contributed by atoms with Crippen LogP contribution in [0.2, 0.25) is 5.02 Å². The Bertz CT molecular complexity index is 1220. The van der Waals surface area contributed by atoms with Crippen LogP contribution in [0.25, 0.3) is 0 Å². The smallest absolute Gasteiger partial charge is 0.350 e. The molecule has 0 spiro atoms. The number of ketones is 1. The second kappa shape index (κ2) is 8.26. The van der Waals surface area contributed by atoms with Crippen molar-refractivity contribution in [1.29, 1.82) is 0 Å². The normalized spacial score (nSPS) is 16.2. The fourth-order valence-corrected chi connectivity index (χ4v) is 5.12. The van der Waals surface area contributed by atoms with Gasteiger partial charge in [0.05, 0.1) is 29.3 Å². The molecule has 0 aliphatic carbocycles. The summed E-state index contributed by atoms with van der Waals surface area (Å²) in [5.41, 5.74) is 0.892. The van der Waals surface area contributed by atoms with Gasteiger partial charge in [-0.15, -0.1) is 11.3 Å². The lowest BCUT2D eigenvalue weighted by molar-refractivity contribution is -0.117. The fourth-order valence-electron chi connectivity index (χ4n) is 3.30. The number of esters is 1. The molecule has 4 rings (SSSR count). The maximum Gasteiger partial charge on any atom is 0.350 e. The first-order chi connectivity index (χ1) is 14.8. The molecule has 1 amide bonds. The van der Waals surface area contributed by atoms with Crippen LogP contribution in [0.1, 0.15) is 36.6 Å². The number of hydrogen-bond acceptors (Lipinski definition) is 8. The van der Waals surface area contributed by atoms with E-state index in [1.54, 1.807) is 48.7 Å². The van der Waals surface area contributed by atoms with E-state index in [-0.39, 0.29) is 15.6 Å². The highest BCUT2D eigenvalue weighted by Gasteiger charge is 2.46. The maximum absolute atomic E-state index is 13.2. The second-order valence-electron chi connectivity index (χ2n) is 6.60. The van der Waals surface area contributed by atoms with Crippen LogP contribution in [-0.4, -0.2) is 34.9 Å². The Labute approximate surface area is 190 Å². The van der Waals surface area contributed by atoms with Crippen molar-refractivity contribution in [2.24, 2.45) is 0 Å². The quantitative estimate of drug-likeness (QED) is 0.424. The number of halogens is 1. The summed E-state index contributed by atoms with van der Waals surface area (Å²) < 4.78 is 4.77. The summed E-state index contributed by atoms with van der Waals surface area (Å²) in [4.78, 5) is 44.5. The molecule has 0 fully saturated rings. The van der Waals surface area contributed by atoms with Gasteiger partial charge in [0.25, 0.3) is 5.91 Å². The van der Waals surface area contributed by atoms with Crippen LogP contribution >= 0.6 is 34.3 Å². The summed E-state index contributed by atoms with van der Waals surface area (Å²) in [6.07, 6.45) is 0. The molecule has 1 N–H and O–H groups in total. The topological polar surface area (TPSA) is 96.8 Å². The van der Waals surface area contributed by atoms with Crippen LogP contribution in [0.5, 0.6) is 0 Å². The van der Waals surface area contributed by atoms with Gasteiger partial charge in [-0.1, -0.05) is 41.1 Å². The number of aromatic nitrogens is 1. The molecule has 10 heteroatoms. The van der Waals surface area contributed by atoms with Gasteiger partial charge in [0.1, 0.15) is 4.88 Å². The molecule has 1 aliphatic heterocycles. The van der Waals surface area contributed by atoms with Crippen molar-refractivity contribution in [1.82, 2.24) is 4.98 Å². The average molecular weight is 475 g/mol. The van der Waals surface area contributed by atoms with Crippen molar-refractivity contribution in [2.75, 3.05) is 12.0 Å². The number of benzene rings is 1. The predicted octanol–water partition coefficient (Wildman–Crippen LogP) is 4.74. The number of carbonyl (C=O) groups excluding carboxylic acids is 3. The van der Waals surface area contributed by atoms with Crippen molar-refractivity contribution >= 4 is 57.1 Å². The molecule has 1 aromatic carbocycles. The maximum atomic E-state index is 13.2. The largest absolute Gasteiger partial charge is 0.503 e. The zero-order valence-electron chi connectivity index (χ0n) is 16.3. The van der Waals surface area contributed by atoms with Gasteiger partial charge < -0.3 is 9.84 Å². The predicted molar refractivity (Wildman–Crippen MR) is 118 cm³/mol. The van der Waals surface area contributed by atoms with Gasteiger partial charge in [0.15, 0.2) is 10.9 Å². The number of aliphatic hydroxyl groups is 1. The van der Waals surface area contributed by atoms with Crippen molar-refractivity contribution in [2.45, 2.75) is 13.0 Å². The number of anilines is 1. The summed E-state index contributed by atoms with van der Waals surface area (Å²) in [5.74, 6) is -2.45. The van der Waals surface area contributed by atoms with E-state index in [1.807, 2.05) is 0 Å². The monoisotopic (exact) mass is 474 g/mol. The lowest BCUT2D eigenvalue weighted by Crippen LogP contribution is -2.31. The SMILES string of the molecule is COC(=O)c1sc(N2C(=O)C(O)=C(C(=O)c3cccs3)C2c2ccc(Cl)cc2)nc1C. The standard InChI is InChI=1S/C21H15ClN2O5S2/c1-10-18(20(28)29-2)31-21(23-10)24-15(11-5-7-12(22)8-6-11)14(17(26)19(24)27)16(25)13-4-3-9-30-13/h3-9,15,26H,1-2H3. The van der Waals surface area contributed by atoms with Crippen LogP contribution in [0.15, 0.2) is 53.1 Å². The first kappa shape index (κ1) is 21.2. The Balaban J connectivity index is 1.87. The number of thiazole rings is 1. The number of hydrogen-bond donors (Lipinski definition) is 1. The molecule has 1 unspecified atom stereocenters. The first-order valence-electron chi connectivity index (χ1n) is 8.99. The lowest BCUT2D eigenvalue weighted by Gasteiger charge is -2.24. The zero-order valence-corrected chi connectivity index (χ0v) is 18.7. The number of Topliss-reactive ketones (excluding diaryl/α,β-unsaturated/α-hetero) is 1. The van der Waals surface area contributed by atoms with E-state index in [0.717, 1.165) is 11.3 Å². The minimum Gasteiger partial charge on any atom is -0.503 e. The molecule has 0 radical (unpaired) electrons. The molecule has 158 valence electrons. The van der Waals surface area contributed by atoms with E-state index in [2.05, 4.69) is 4.98 Å². The van der Waals surface area contributed by atoms with Gasteiger partial charge in [-0.05, 0) is 36.1 Å². The summed E-state index contributed by atoms with van der Waals surface area (Å²) in [7, 11) is 1.25. The van der Waals surface area contributed by atoms with Gasteiger partial charge in [-0.2, -0.15) is 0 Å². The first-order valence-corrected chi connectivity index (χ1v) is 11.1. The van der Waals surface area contributed by atoms with Gasteiger partial charge >= 0.3 is 5.97 Å². The van der Waals surface area contributed by atoms with E-state index < -0.39 is 29.5 Å². The summed E-state index contributed by atoms with van der Waals surface area (Å²) >= 11 is 8.18. The highest BCUT2D eigenvalue weighted by molar-refractivity contribution is 7.17. The molecule has 0 saturated heterocycles. The van der Waals surface area contributed by atoms with E-state index in [4.69, 9.17) is 16.3 Å². The molecule has 1 atom stereocenters. The molecule has 1 aliphatic rings. The number of methoxy groups -OCH3 is 1. The van der Waals surface area contributed by atoms with Gasteiger partial charge in [-0.25, -0.2) is 9.78 Å². The van der Waals surface area contributed by atoms with E-state index in [1.165, 1.54) is 23.3 Å². The van der Waals surface area contributed by atoms with Crippen LogP contribution in [0, 0.1) is 6.92 Å². The number of ether oxygens (including phenoxy) is 1. The van der Waals surface area contributed by atoms with Crippen molar-refractivity contribution < 1.29 is 24.2 Å². The molecule has 0 saturated carbocycles. The average Bonchev–Trinajstić information content (AvgIpc) is 3.47. The van der Waals surface area contributed by atoms with Gasteiger partial charge in [-0.3, -0.25) is 14.5 Å². The molecular weight excluding hydrogens is 460 g/mol. The summed E-state index contributed by atoms with van der Waals surface area (Å²) in [5, 5.41) is 13.1. The third-order valence-electron chi connectivity index (χ3n) is 4.75.